The first kappa shape index (κ1) is 27.4. The Morgan fingerprint density at radius 1 is 0.280 bits per heavy atom. The van der Waals surface area contributed by atoms with Gasteiger partial charge in [-0.1, -0.05) is 146 Å². The highest BCUT2D eigenvalue weighted by Gasteiger charge is 2.22. The van der Waals surface area contributed by atoms with Crippen molar-refractivity contribution in [2.24, 2.45) is 0 Å². The summed E-state index contributed by atoms with van der Waals surface area (Å²) in [6.07, 6.45) is 4.05. The molecule has 1 heteroatoms. The Bertz CT molecular complexity index is 2930. The Kier molecular flexibility index (Phi) is 5.73. The molecule has 230 valence electrons. The van der Waals surface area contributed by atoms with Crippen LogP contribution in [0.5, 0.6) is 0 Å². The minimum absolute atomic E-state index is 1.16. The fraction of sp³-hybridized carbons (Fsp3) is 0. The van der Waals surface area contributed by atoms with E-state index in [0.29, 0.717) is 0 Å². The van der Waals surface area contributed by atoms with Crippen molar-refractivity contribution >= 4 is 86.2 Å². The SMILES string of the molecule is c1ccc2c(c1)cc(-c1c3ccccc3c(-c3cc4ccccc4c4ccc5ccccc5c34)c3cnccc13)c1c3ccccc3ccc21. The van der Waals surface area contributed by atoms with Crippen molar-refractivity contribution in [3.8, 4) is 22.3 Å². The van der Waals surface area contributed by atoms with E-state index in [-0.39, 0.29) is 0 Å². The molecule has 0 fully saturated rings. The average molecular weight is 632 g/mol. The summed E-state index contributed by atoms with van der Waals surface area (Å²) in [7, 11) is 0. The summed E-state index contributed by atoms with van der Waals surface area (Å²) in [5.74, 6) is 0. The molecule has 0 spiro atoms. The van der Waals surface area contributed by atoms with E-state index in [2.05, 4.69) is 170 Å². The smallest absolute Gasteiger partial charge is 0.0353 e. The molecule has 0 saturated heterocycles. The Balaban J connectivity index is 1.37. The van der Waals surface area contributed by atoms with Gasteiger partial charge in [0.05, 0.1) is 0 Å². The normalized spacial score (nSPS) is 12.0. The first-order valence-electron chi connectivity index (χ1n) is 17.3. The van der Waals surface area contributed by atoms with Crippen molar-refractivity contribution < 1.29 is 0 Å². The van der Waals surface area contributed by atoms with Crippen LogP contribution >= 0.6 is 0 Å². The summed E-state index contributed by atoms with van der Waals surface area (Å²) in [5, 5.41) is 20.0. The van der Waals surface area contributed by atoms with Crippen LogP contribution in [0.4, 0.5) is 0 Å². The molecule has 0 aliphatic rings. The molecule has 0 radical (unpaired) electrons. The van der Waals surface area contributed by atoms with Gasteiger partial charge in [0.25, 0.3) is 0 Å². The van der Waals surface area contributed by atoms with Gasteiger partial charge in [0.1, 0.15) is 0 Å². The molecule has 0 aliphatic heterocycles. The molecule has 0 unspecified atom stereocenters. The fourth-order valence-corrected chi connectivity index (χ4v) is 8.76. The second-order valence-electron chi connectivity index (χ2n) is 13.4. The number of fused-ring (bicyclic) bond motifs is 12. The molecule has 1 nitrogen and oxygen atoms in total. The summed E-state index contributed by atoms with van der Waals surface area (Å²) in [6.45, 7) is 0. The minimum atomic E-state index is 1.16. The molecule has 1 heterocycles. The van der Waals surface area contributed by atoms with E-state index >= 15 is 0 Å². The van der Waals surface area contributed by atoms with Crippen molar-refractivity contribution in [1.82, 2.24) is 4.98 Å². The molecule has 1 aromatic heterocycles. The molecule has 10 aromatic carbocycles. The van der Waals surface area contributed by atoms with Gasteiger partial charge in [-0.3, -0.25) is 4.98 Å². The molecule has 0 aliphatic carbocycles. The second kappa shape index (κ2) is 10.5. The van der Waals surface area contributed by atoms with Gasteiger partial charge in [0.15, 0.2) is 0 Å². The van der Waals surface area contributed by atoms with Gasteiger partial charge in [-0.05, 0) is 121 Å². The predicted octanol–water partition coefficient (Wildman–Crippen LogP) is 13.6. The van der Waals surface area contributed by atoms with E-state index in [0.717, 1.165) is 5.39 Å². The molecule has 0 N–H and O–H groups in total. The Labute approximate surface area is 288 Å². The lowest BCUT2D eigenvalue weighted by Gasteiger charge is -2.21. The van der Waals surface area contributed by atoms with Gasteiger partial charge in [-0.15, -0.1) is 0 Å². The van der Waals surface area contributed by atoms with E-state index in [1.54, 1.807) is 0 Å². The largest absolute Gasteiger partial charge is 0.264 e. The lowest BCUT2D eigenvalue weighted by molar-refractivity contribution is 1.37. The van der Waals surface area contributed by atoms with Crippen molar-refractivity contribution in [1.29, 1.82) is 0 Å². The highest BCUT2D eigenvalue weighted by Crippen LogP contribution is 2.50. The molecular formula is C49H29N. The Morgan fingerprint density at radius 2 is 0.680 bits per heavy atom. The number of rotatable bonds is 2. The first-order chi connectivity index (χ1) is 24.8. The molecular weight excluding hydrogens is 603 g/mol. The number of hydrogen-bond donors (Lipinski definition) is 0. The molecule has 0 atom stereocenters. The first-order valence-corrected chi connectivity index (χ1v) is 17.3. The van der Waals surface area contributed by atoms with Crippen molar-refractivity contribution in [3.05, 3.63) is 176 Å². The van der Waals surface area contributed by atoms with Crippen molar-refractivity contribution in [2.45, 2.75) is 0 Å². The zero-order valence-electron chi connectivity index (χ0n) is 27.2. The fourth-order valence-electron chi connectivity index (χ4n) is 8.76. The zero-order chi connectivity index (χ0) is 32.8. The lowest BCUT2D eigenvalue weighted by atomic mass is 9.81. The number of pyridine rings is 1. The number of aromatic nitrogens is 1. The third-order valence-corrected chi connectivity index (χ3v) is 10.9. The van der Waals surface area contributed by atoms with Gasteiger partial charge >= 0.3 is 0 Å². The van der Waals surface area contributed by atoms with Crippen LogP contribution in [0.1, 0.15) is 0 Å². The molecule has 0 bridgehead atoms. The molecule has 11 aromatic rings. The van der Waals surface area contributed by atoms with E-state index in [4.69, 9.17) is 4.98 Å². The quantitative estimate of drug-likeness (QED) is 0.137. The summed E-state index contributed by atoms with van der Waals surface area (Å²) in [4.78, 5) is 4.81. The Morgan fingerprint density at radius 3 is 1.20 bits per heavy atom. The lowest BCUT2D eigenvalue weighted by Crippen LogP contribution is -1.94. The third-order valence-electron chi connectivity index (χ3n) is 10.9. The maximum absolute atomic E-state index is 4.81. The number of hydrogen-bond acceptors (Lipinski definition) is 1. The van der Waals surface area contributed by atoms with Gasteiger partial charge in [0, 0.05) is 17.8 Å². The molecule has 11 rings (SSSR count). The number of benzene rings is 10. The van der Waals surface area contributed by atoms with E-state index in [1.165, 1.54) is 103 Å². The Hall–Kier alpha value is -6.57. The zero-order valence-corrected chi connectivity index (χ0v) is 27.2. The average Bonchev–Trinajstić information content (AvgIpc) is 3.19. The highest BCUT2D eigenvalue weighted by atomic mass is 14.6. The van der Waals surface area contributed by atoms with E-state index < -0.39 is 0 Å². The van der Waals surface area contributed by atoms with Crippen molar-refractivity contribution in [3.63, 3.8) is 0 Å². The van der Waals surface area contributed by atoms with Crippen LogP contribution in [0.3, 0.4) is 0 Å². The minimum Gasteiger partial charge on any atom is -0.264 e. The van der Waals surface area contributed by atoms with Gasteiger partial charge in [-0.2, -0.15) is 0 Å². The van der Waals surface area contributed by atoms with Crippen molar-refractivity contribution in [2.75, 3.05) is 0 Å². The standard InChI is InChI=1S/C49H29N/c1-7-17-36-30(11-1)21-23-40-34-15-5-3-13-32(34)27-43(46(36)40)48-38-19-9-10-20-39(38)49(45-29-50-26-25-42(45)48)44-28-33-14-4-6-16-35(33)41-24-22-31-12-2-8-18-37(31)47(41)44/h1-29H. The monoisotopic (exact) mass is 631 g/mol. The molecule has 0 amide bonds. The maximum Gasteiger partial charge on any atom is 0.0353 e. The van der Waals surface area contributed by atoms with Crippen LogP contribution in [-0.2, 0) is 0 Å². The topological polar surface area (TPSA) is 12.9 Å². The van der Waals surface area contributed by atoms with Gasteiger partial charge in [0.2, 0.25) is 0 Å². The van der Waals surface area contributed by atoms with Gasteiger partial charge in [-0.25, -0.2) is 0 Å². The van der Waals surface area contributed by atoms with E-state index in [1.807, 2.05) is 6.20 Å². The summed E-state index contributed by atoms with van der Waals surface area (Å²) in [6, 6.07) is 60.5. The summed E-state index contributed by atoms with van der Waals surface area (Å²) in [5.41, 5.74) is 4.98. The maximum atomic E-state index is 4.81. The van der Waals surface area contributed by atoms with Crippen LogP contribution < -0.4 is 0 Å². The van der Waals surface area contributed by atoms with Crippen LogP contribution in [0.25, 0.3) is 108 Å². The summed E-state index contributed by atoms with van der Waals surface area (Å²) >= 11 is 0. The summed E-state index contributed by atoms with van der Waals surface area (Å²) < 4.78 is 0. The predicted molar refractivity (Wildman–Crippen MR) is 215 cm³/mol. The van der Waals surface area contributed by atoms with Crippen LogP contribution in [0.15, 0.2) is 176 Å². The molecule has 50 heavy (non-hydrogen) atoms. The second-order valence-corrected chi connectivity index (χ2v) is 13.4. The van der Waals surface area contributed by atoms with Crippen LogP contribution in [0, 0.1) is 0 Å². The van der Waals surface area contributed by atoms with Crippen LogP contribution in [-0.4, -0.2) is 4.98 Å². The highest BCUT2D eigenvalue weighted by molar-refractivity contribution is 6.32. The van der Waals surface area contributed by atoms with Gasteiger partial charge < -0.3 is 0 Å². The molecule has 0 saturated carbocycles. The van der Waals surface area contributed by atoms with Crippen LogP contribution in [0.2, 0.25) is 0 Å². The third kappa shape index (κ3) is 3.80. The van der Waals surface area contributed by atoms with E-state index in [9.17, 15) is 0 Å². The number of nitrogens with zero attached hydrogens (tertiary/aromatic N) is 1.